The minimum absolute atomic E-state index is 0.0273. The predicted octanol–water partition coefficient (Wildman–Crippen LogP) is 8.10. The van der Waals surface area contributed by atoms with Crippen LogP contribution in [0.2, 0.25) is 5.02 Å². The number of halogens is 1. The van der Waals surface area contributed by atoms with E-state index in [9.17, 15) is 0 Å². The summed E-state index contributed by atoms with van der Waals surface area (Å²) >= 11 is 6.76. The van der Waals surface area contributed by atoms with Gasteiger partial charge in [-0.3, -0.25) is 0 Å². The summed E-state index contributed by atoms with van der Waals surface area (Å²) in [6.07, 6.45) is 6.69. The molecular formula is C28H31ClO. The third kappa shape index (κ3) is 4.19. The van der Waals surface area contributed by atoms with Gasteiger partial charge in [0.15, 0.2) is 0 Å². The molecule has 1 aliphatic rings. The lowest BCUT2D eigenvalue weighted by molar-refractivity contribution is -0.0292. The third-order valence-corrected chi connectivity index (χ3v) is 6.57. The molecular weight excluding hydrogens is 388 g/mol. The van der Waals surface area contributed by atoms with E-state index in [2.05, 4.69) is 68.4 Å². The van der Waals surface area contributed by atoms with Crippen molar-refractivity contribution in [3.8, 4) is 0 Å². The highest BCUT2D eigenvalue weighted by molar-refractivity contribution is 6.31. The first-order valence-corrected chi connectivity index (χ1v) is 11.6. The van der Waals surface area contributed by atoms with Crippen molar-refractivity contribution < 1.29 is 4.74 Å². The van der Waals surface area contributed by atoms with Crippen LogP contribution in [0, 0.1) is 0 Å². The second-order valence-electron chi connectivity index (χ2n) is 8.65. The lowest BCUT2D eigenvalue weighted by Gasteiger charge is -2.38. The molecule has 1 saturated carbocycles. The quantitative estimate of drug-likeness (QED) is 0.367. The van der Waals surface area contributed by atoms with Gasteiger partial charge in [0, 0.05) is 10.6 Å². The molecule has 0 aliphatic heterocycles. The maximum Gasteiger partial charge on any atom is 0.145 e. The number of ether oxygens (including phenoxy) is 1. The minimum Gasteiger partial charge on any atom is -0.358 e. The van der Waals surface area contributed by atoms with E-state index in [1.54, 1.807) is 0 Å². The number of hydrogen-bond donors (Lipinski definition) is 0. The summed E-state index contributed by atoms with van der Waals surface area (Å²) in [6.45, 7) is 4.18. The Morgan fingerprint density at radius 2 is 1.37 bits per heavy atom. The van der Waals surface area contributed by atoms with Gasteiger partial charge in [-0.05, 0) is 55.4 Å². The summed E-state index contributed by atoms with van der Waals surface area (Å²) in [5.74, 6) is 0.685. The highest BCUT2D eigenvalue weighted by Crippen LogP contribution is 2.44. The fraction of sp³-hybridized carbons (Fsp3) is 0.357. The van der Waals surface area contributed by atoms with E-state index in [0.717, 1.165) is 21.7 Å². The number of rotatable bonds is 6. The highest BCUT2D eigenvalue weighted by atomic mass is 35.5. The van der Waals surface area contributed by atoms with Crippen LogP contribution in [0.5, 0.6) is 0 Å². The third-order valence-electron chi connectivity index (χ3n) is 6.24. The van der Waals surface area contributed by atoms with E-state index in [-0.39, 0.29) is 6.10 Å². The normalized spacial score (nSPS) is 17.1. The fourth-order valence-electron chi connectivity index (χ4n) is 4.88. The zero-order valence-corrected chi connectivity index (χ0v) is 18.7. The van der Waals surface area contributed by atoms with Crippen molar-refractivity contribution in [3.05, 3.63) is 106 Å². The Morgan fingerprint density at radius 1 is 0.767 bits per heavy atom. The summed E-state index contributed by atoms with van der Waals surface area (Å²) in [4.78, 5) is 0. The van der Waals surface area contributed by atoms with Crippen molar-refractivity contribution in [2.75, 3.05) is 0 Å². The molecule has 1 unspecified atom stereocenters. The van der Waals surface area contributed by atoms with Crippen LogP contribution in [0.25, 0.3) is 0 Å². The van der Waals surface area contributed by atoms with Gasteiger partial charge in [0.2, 0.25) is 0 Å². The molecule has 0 aromatic heterocycles. The molecule has 156 valence electrons. The average molecular weight is 419 g/mol. The lowest BCUT2D eigenvalue weighted by Crippen LogP contribution is -2.35. The van der Waals surface area contributed by atoms with Crippen molar-refractivity contribution in [1.29, 1.82) is 0 Å². The average Bonchev–Trinajstić information content (AvgIpc) is 2.79. The zero-order valence-electron chi connectivity index (χ0n) is 18.0. The zero-order chi connectivity index (χ0) is 21.0. The van der Waals surface area contributed by atoms with Gasteiger partial charge in [-0.25, -0.2) is 0 Å². The smallest absolute Gasteiger partial charge is 0.145 e. The maximum atomic E-state index is 6.78. The minimum atomic E-state index is -0.751. The maximum absolute atomic E-state index is 6.78. The molecule has 1 aliphatic carbocycles. The Kier molecular flexibility index (Phi) is 6.61. The van der Waals surface area contributed by atoms with Gasteiger partial charge in [-0.1, -0.05) is 104 Å². The fourth-order valence-corrected chi connectivity index (χ4v) is 5.15. The van der Waals surface area contributed by atoms with Crippen LogP contribution >= 0.6 is 11.6 Å². The van der Waals surface area contributed by atoms with E-state index in [0.29, 0.717) is 5.92 Å². The molecule has 0 radical (unpaired) electrons. The Bertz CT molecular complexity index is 942. The van der Waals surface area contributed by atoms with Crippen LogP contribution in [-0.2, 0) is 10.3 Å². The molecule has 1 atom stereocenters. The van der Waals surface area contributed by atoms with Crippen LogP contribution < -0.4 is 0 Å². The number of hydrogen-bond acceptors (Lipinski definition) is 1. The molecule has 2 heteroatoms. The predicted molar refractivity (Wildman–Crippen MR) is 126 cm³/mol. The van der Waals surface area contributed by atoms with Crippen molar-refractivity contribution in [1.82, 2.24) is 0 Å². The summed E-state index contributed by atoms with van der Waals surface area (Å²) in [5, 5.41) is 0.721. The standard InChI is InChI=1S/C28H31ClO/c1-21(2)30-28(24-13-7-4-8-14-24,26-15-9-10-16-27(26)29)25-19-17-23(18-20-25)22-11-5-3-6-12-22/h4,7-10,13-22H,3,5-6,11-12H2,1-2H3. The van der Waals surface area contributed by atoms with Gasteiger partial charge in [-0.15, -0.1) is 0 Å². The SMILES string of the molecule is CC(C)OC(c1ccccc1)(c1ccc(C2CCCCC2)cc1)c1ccccc1Cl. The molecule has 3 aromatic carbocycles. The van der Waals surface area contributed by atoms with Crippen molar-refractivity contribution in [2.45, 2.75) is 63.6 Å². The molecule has 30 heavy (non-hydrogen) atoms. The number of benzene rings is 3. The van der Waals surface area contributed by atoms with E-state index >= 15 is 0 Å². The molecule has 3 aromatic rings. The van der Waals surface area contributed by atoms with Gasteiger partial charge >= 0.3 is 0 Å². The molecule has 0 spiro atoms. The second kappa shape index (κ2) is 9.37. The molecule has 4 rings (SSSR count). The summed E-state index contributed by atoms with van der Waals surface area (Å²) in [6, 6.07) is 27.6. The van der Waals surface area contributed by atoms with Crippen LogP contribution in [0.4, 0.5) is 0 Å². The van der Waals surface area contributed by atoms with Crippen LogP contribution in [0.1, 0.15) is 74.1 Å². The van der Waals surface area contributed by atoms with Crippen LogP contribution in [0.15, 0.2) is 78.9 Å². The van der Waals surface area contributed by atoms with Crippen molar-refractivity contribution >= 4 is 11.6 Å². The first-order valence-electron chi connectivity index (χ1n) is 11.2. The Hall–Kier alpha value is -2.09. The highest BCUT2D eigenvalue weighted by Gasteiger charge is 2.40. The molecule has 0 bridgehead atoms. The Labute approximate surface area is 186 Å². The van der Waals surface area contributed by atoms with E-state index in [1.807, 2.05) is 24.3 Å². The first-order chi connectivity index (χ1) is 14.6. The monoisotopic (exact) mass is 418 g/mol. The molecule has 1 fully saturated rings. The van der Waals surface area contributed by atoms with E-state index in [1.165, 1.54) is 37.7 Å². The summed E-state index contributed by atoms with van der Waals surface area (Å²) < 4.78 is 6.78. The summed E-state index contributed by atoms with van der Waals surface area (Å²) in [5.41, 5.74) is 3.90. The van der Waals surface area contributed by atoms with Gasteiger partial charge in [0.1, 0.15) is 5.60 Å². The van der Waals surface area contributed by atoms with Crippen molar-refractivity contribution in [3.63, 3.8) is 0 Å². The molecule has 0 saturated heterocycles. The van der Waals surface area contributed by atoms with E-state index < -0.39 is 5.60 Å². The van der Waals surface area contributed by atoms with Crippen LogP contribution in [-0.4, -0.2) is 6.10 Å². The van der Waals surface area contributed by atoms with Gasteiger partial charge in [0.25, 0.3) is 0 Å². The molecule has 0 amide bonds. The first kappa shape index (κ1) is 21.2. The topological polar surface area (TPSA) is 9.23 Å². The summed E-state index contributed by atoms with van der Waals surface area (Å²) in [7, 11) is 0. The van der Waals surface area contributed by atoms with Gasteiger partial charge < -0.3 is 4.74 Å². The van der Waals surface area contributed by atoms with E-state index in [4.69, 9.17) is 16.3 Å². The largest absolute Gasteiger partial charge is 0.358 e. The van der Waals surface area contributed by atoms with Crippen LogP contribution in [0.3, 0.4) is 0 Å². The molecule has 1 nitrogen and oxygen atoms in total. The Balaban J connectivity index is 1.87. The molecule has 0 N–H and O–H groups in total. The van der Waals surface area contributed by atoms with Gasteiger partial charge in [0.05, 0.1) is 6.10 Å². The second-order valence-corrected chi connectivity index (χ2v) is 9.06. The lowest BCUT2D eigenvalue weighted by atomic mass is 9.78. The van der Waals surface area contributed by atoms with Crippen molar-refractivity contribution in [2.24, 2.45) is 0 Å². The molecule has 0 heterocycles. The van der Waals surface area contributed by atoms with Gasteiger partial charge in [-0.2, -0.15) is 0 Å². The Morgan fingerprint density at radius 3 is 2.00 bits per heavy atom.